The van der Waals surface area contributed by atoms with Crippen molar-refractivity contribution in [3.05, 3.63) is 70.1 Å². The standard InChI is InChI=1S/C30H35N5O5/c1-20-19-40-24-12-6-3-9-21(24)26(36)31-16-8-7-13-30(29(39)32-20)14-17-35(18-15-30)28(38)25-27(37)34(2)23-11-5-4-10-22(23)33-25/h3-6,9-12,20H,7-8,13-19H2,1-2H3,(H,31,36)(H,32,39)/t20-/m1/s1. The quantitative estimate of drug-likeness (QED) is 0.485. The summed E-state index contributed by atoms with van der Waals surface area (Å²) >= 11 is 0. The van der Waals surface area contributed by atoms with Crippen molar-refractivity contribution in [2.45, 2.75) is 45.1 Å². The molecule has 10 heteroatoms. The number of nitrogens with zero attached hydrogens (tertiary/aromatic N) is 3. The number of benzene rings is 2. The van der Waals surface area contributed by atoms with Gasteiger partial charge in [-0.3, -0.25) is 19.2 Å². The van der Waals surface area contributed by atoms with Gasteiger partial charge in [-0.05, 0) is 56.9 Å². The van der Waals surface area contributed by atoms with Gasteiger partial charge in [0.25, 0.3) is 17.4 Å². The number of aryl methyl sites for hydroxylation is 1. The Hall–Kier alpha value is -4.21. The Balaban J connectivity index is 1.31. The number of fused-ring (bicyclic) bond motifs is 2. The fourth-order valence-electron chi connectivity index (χ4n) is 5.60. The lowest BCUT2D eigenvalue weighted by molar-refractivity contribution is -0.135. The van der Waals surface area contributed by atoms with Gasteiger partial charge >= 0.3 is 0 Å². The highest BCUT2D eigenvalue weighted by Gasteiger charge is 2.42. The van der Waals surface area contributed by atoms with Crippen LogP contribution in [0.15, 0.2) is 53.3 Å². The van der Waals surface area contributed by atoms with Crippen molar-refractivity contribution in [1.82, 2.24) is 25.1 Å². The van der Waals surface area contributed by atoms with Gasteiger partial charge in [0.1, 0.15) is 12.4 Å². The third-order valence-corrected chi connectivity index (χ3v) is 8.04. The first kappa shape index (κ1) is 27.4. The average Bonchev–Trinajstić information content (AvgIpc) is 2.97. The number of aromatic nitrogens is 2. The molecule has 1 saturated heterocycles. The number of para-hydroxylation sites is 3. The van der Waals surface area contributed by atoms with Gasteiger partial charge in [-0.25, -0.2) is 4.98 Å². The van der Waals surface area contributed by atoms with E-state index in [-0.39, 0.29) is 30.2 Å². The molecule has 1 spiro atoms. The predicted octanol–water partition coefficient (Wildman–Crippen LogP) is 2.65. The highest BCUT2D eigenvalue weighted by molar-refractivity contribution is 5.97. The first-order chi connectivity index (χ1) is 19.3. The normalized spacial score (nSPS) is 20.1. The van der Waals surface area contributed by atoms with Crippen LogP contribution in [0.5, 0.6) is 5.75 Å². The number of carbonyl (C=O) groups excluding carboxylic acids is 3. The van der Waals surface area contributed by atoms with Crippen molar-refractivity contribution in [3.8, 4) is 5.75 Å². The maximum atomic E-state index is 13.7. The minimum atomic E-state index is -0.654. The molecule has 3 heterocycles. The first-order valence-electron chi connectivity index (χ1n) is 13.9. The number of ether oxygens (including phenoxy) is 1. The molecule has 0 bridgehead atoms. The summed E-state index contributed by atoms with van der Waals surface area (Å²) in [6, 6.07) is 14.0. The average molecular weight is 546 g/mol. The Bertz CT molecular complexity index is 1490. The lowest BCUT2D eigenvalue weighted by Crippen LogP contribution is -2.53. The van der Waals surface area contributed by atoms with Crippen molar-refractivity contribution >= 4 is 28.8 Å². The van der Waals surface area contributed by atoms with E-state index in [1.807, 2.05) is 25.1 Å². The molecule has 10 nitrogen and oxygen atoms in total. The van der Waals surface area contributed by atoms with Gasteiger partial charge in [0, 0.05) is 26.7 Å². The third kappa shape index (κ3) is 5.43. The number of likely N-dealkylation sites (tertiary alicyclic amines) is 1. The molecule has 5 rings (SSSR count). The van der Waals surface area contributed by atoms with Crippen LogP contribution in [0.4, 0.5) is 0 Å². The van der Waals surface area contributed by atoms with E-state index >= 15 is 0 Å². The second-order valence-electron chi connectivity index (χ2n) is 10.8. The van der Waals surface area contributed by atoms with Gasteiger partial charge in [0.15, 0.2) is 5.69 Å². The summed E-state index contributed by atoms with van der Waals surface area (Å²) in [5, 5.41) is 6.07. The topological polar surface area (TPSA) is 123 Å². The molecule has 0 aliphatic carbocycles. The molecule has 2 aliphatic heterocycles. The summed E-state index contributed by atoms with van der Waals surface area (Å²) in [7, 11) is 1.64. The van der Waals surface area contributed by atoms with Crippen LogP contribution in [0.3, 0.4) is 0 Å². The molecule has 0 radical (unpaired) electrons. The van der Waals surface area contributed by atoms with Crippen molar-refractivity contribution < 1.29 is 19.1 Å². The zero-order valence-corrected chi connectivity index (χ0v) is 22.9. The SMILES string of the molecule is C[C@@H]1COc2ccccc2C(=O)NCCCCC2(CCN(C(=O)c3nc4ccccc4n(C)c3=O)CC2)C(=O)N1. The highest BCUT2D eigenvalue weighted by atomic mass is 16.5. The van der Waals surface area contributed by atoms with Crippen LogP contribution in [-0.4, -0.2) is 64.5 Å². The van der Waals surface area contributed by atoms with Crippen LogP contribution in [0, 0.1) is 5.41 Å². The molecule has 2 aromatic carbocycles. The smallest absolute Gasteiger partial charge is 0.282 e. The number of nitrogens with one attached hydrogen (secondary N) is 2. The lowest BCUT2D eigenvalue weighted by Gasteiger charge is -2.41. The van der Waals surface area contributed by atoms with Crippen LogP contribution in [-0.2, 0) is 11.8 Å². The molecule has 1 aromatic heterocycles. The summed E-state index contributed by atoms with van der Waals surface area (Å²) in [5.41, 5.74) is 0.529. The van der Waals surface area contributed by atoms with Crippen LogP contribution >= 0.6 is 0 Å². The number of rotatable bonds is 1. The molecule has 0 unspecified atom stereocenters. The molecule has 1 fully saturated rings. The maximum absolute atomic E-state index is 13.7. The van der Waals surface area contributed by atoms with E-state index in [9.17, 15) is 19.2 Å². The van der Waals surface area contributed by atoms with E-state index in [1.165, 1.54) is 4.57 Å². The van der Waals surface area contributed by atoms with Gasteiger partial charge in [0.05, 0.1) is 28.1 Å². The van der Waals surface area contributed by atoms with E-state index in [4.69, 9.17) is 4.74 Å². The van der Waals surface area contributed by atoms with E-state index in [0.29, 0.717) is 61.2 Å². The van der Waals surface area contributed by atoms with Crippen molar-refractivity contribution in [3.63, 3.8) is 0 Å². The minimum absolute atomic E-state index is 0.0511. The summed E-state index contributed by atoms with van der Waals surface area (Å²) in [4.78, 5) is 58.8. The lowest BCUT2D eigenvalue weighted by atomic mass is 9.73. The predicted molar refractivity (Wildman–Crippen MR) is 150 cm³/mol. The van der Waals surface area contributed by atoms with Crippen molar-refractivity contribution in [2.75, 3.05) is 26.2 Å². The number of piperidine rings is 1. The molecule has 210 valence electrons. The molecule has 2 aliphatic rings. The zero-order chi connectivity index (χ0) is 28.3. The Labute approximate surface area is 232 Å². The molecular weight excluding hydrogens is 510 g/mol. The number of amides is 3. The molecule has 2 N–H and O–H groups in total. The molecule has 40 heavy (non-hydrogen) atoms. The number of hydrogen-bond acceptors (Lipinski definition) is 6. The molecule has 3 aromatic rings. The van der Waals surface area contributed by atoms with E-state index in [1.54, 1.807) is 42.3 Å². The third-order valence-electron chi connectivity index (χ3n) is 8.04. The van der Waals surface area contributed by atoms with E-state index < -0.39 is 16.9 Å². The Morgan fingerprint density at radius 2 is 1.73 bits per heavy atom. The Morgan fingerprint density at radius 3 is 2.52 bits per heavy atom. The second kappa shape index (κ2) is 11.5. The van der Waals surface area contributed by atoms with Gasteiger partial charge in [0.2, 0.25) is 5.91 Å². The van der Waals surface area contributed by atoms with Gasteiger partial charge < -0.3 is 24.8 Å². The summed E-state index contributed by atoms with van der Waals surface area (Å²) < 4.78 is 7.37. The van der Waals surface area contributed by atoms with Crippen LogP contribution in [0.2, 0.25) is 0 Å². The minimum Gasteiger partial charge on any atom is -0.491 e. The highest BCUT2D eigenvalue weighted by Crippen LogP contribution is 2.37. The van der Waals surface area contributed by atoms with Crippen LogP contribution < -0.4 is 20.9 Å². The van der Waals surface area contributed by atoms with Crippen LogP contribution in [0.1, 0.15) is 59.9 Å². The summed E-state index contributed by atoms with van der Waals surface area (Å²) in [6.45, 7) is 3.27. The van der Waals surface area contributed by atoms with Crippen molar-refractivity contribution in [2.24, 2.45) is 12.5 Å². The maximum Gasteiger partial charge on any atom is 0.282 e. The summed E-state index contributed by atoms with van der Waals surface area (Å²) in [6.07, 6.45) is 3.05. The largest absolute Gasteiger partial charge is 0.491 e. The Morgan fingerprint density at radius 1 is 1.00 bits per heavy atom. The monoisotopic (exact) mass is 545 g/mol. The first-order valence-corrected chi connectivity index (χ1v) is 13.9. The fraction of sp³-hybridized carbons (Fsp3) is 0.433. The second-order valence-corrected chi connectivity index (χ2v) is 10.8. The molecule has 0 saturated carbocycles. The molecule has 1 atom stereocenters. The van der Waals surface area contributed by atoms with Crippen molar-refractivity contribution in [1.29, 1.82) is 0 Å². The summed E-state index contributed by atoms with van der Waals surface area (Å²) in [5.74, 6) is -0.164. The van der Waals surface area contributed by atoms with E-state index in [2.05, 4.69) is 15.6 Å². The van der Waals surface area contributed by atoms with Crippen LogP contribution in [0.25, 0.3) is 11.0 Å². The molecular formula is C30H35N5O5. The van der Waals surface area contributed by atoms with E-state index in [0.717, 1.165) is 12.8 Å². The zero-order valence-electron chi connectivity index (χ0n) is 22.9. The number of carbonyl (C=O) groups is 3. The van der Waals surface area contributed by atoms with Gasteiger partial charge in [-0.15, -0.1) is 0 Å². The fourth-order valence-corrected chi connectivity index (χ4v) is 5.60. The Kier molecular flexibility index (Phi) is 7.86. The number of hydrogen-bond donors (Lipinski definition) is 2. The van der Waals surface area contributed by atoms with Gasteiger partial charge in [-0.2, -0.15) is 0 Å². The molecule has 3 amide bonds. The van der Waals surface area contributed by atoms with Gasteiger partial charge in [-0.1, -0.05) is 30.7 Å².